The third kappa shape index (κ3) is 23.8. The second kappa shape index (κ2) is 35.4. The molecule has 0 radical (unpaired) electrons. The Labute approximate surface area is 610 Å². The van der Waals surface area contributed by atoms with Crippen LogP contribution in [0.4, 0.5) is 80.7 Å². The molecule has 85 heavy (non-hydrogen) atoms. The second-order valence-electron chi connectivity index (χ2n) is 14.8. The summed E-state index contributed by atoms with van der Waals surface area (Å²) >= 11 is 13.3. The average molecular weight is 1370 g/mol. The van der Waals surface area contributed by atoms with E-state index in [0.29, 0.717) is 40.7 Å². The van der Waals surface area contributed by atoms with Crippen molar-refractivity contribution in [3.05, 3.63) is 102 Å². The number of benzene rings is 5. The van der Waals surface area contributed by atoms with Crippen LogP contribution in [0.15, 0.2) is 136 Å². The Hall–Kier alpha value is -2.20. The number of azo groups is 2. The number of nitrogens with one attached hydrogen (secondary N) is 4. The van der Waals surface area contributed by atoms with Gasteiger partial charge in [0.1, 0.15) is 43.0 Å². The molecule has 0 saturated carbocycles. The van der Waals surface area contributed by atoms with Gasteiger partial charge >= 0.3 is 148 Å². The van der Waals surface area contributed by atoms with Crippen LogP contribution in [0.5, 0.6) is 0 Å². The predicted molar refractivity (Wildman–Crippen MR) is 272 cm³/mol. The Morgan fingerprint density at radius 2 is 0.941 bits per heavy atom. The summed E-state index contributed by atoms with van der Waals surface area (Å²) in [5.41, 5.74) is 9.48. The molecule has 7 aromatic rings. The Kier molecular flexibility index (Phi) is 32.9. The van der Waals surface area contributed by atoms with E-state index in [0.717, 1.165) is 30.3 Å². The van der Waals surface area contributed by atoms with Gasteiger partial charge in [-0.2, -0.15) is 38.6 Å². The smallest absolute Gasteiger partial charge is 0.744 e. The molecule has 34 nitrogen and oxygen atoms in total. The van der Waals surface area contributed by atoms with Gasteiger partial charge in [0.2, 0.25) is 44.8 Å². The zero-order valence-corrected chi connectivity index (χ0v) is 60.2. The fourth-order valence-corrected chi connectivity index (χ4v) is 9.93. The van der Waals surface area contributed by atoms with Gasteiger partial charge < -0.3 is 56.9 Å². The van der Waals surface area contributed by atoms with E-state index < -0.39 is 96.3 Å². The molecule has 8 N–H and O–H groups in total. The molecular weight excluding hydrogens is 1350 g/mol. The Balaban J connectivity index is 0.00000493. The average Bonchev–Trinajstić information content (AvgIpc) is 3.20. The standard InChI is InChI=1S/C38H32Cl2N16O18S6.5Na/c39-33-47-35(43-18-1-7-22(8-2-18)75-73-71-57)51-37(49-33)45-20-5-11-27(76-74-72-58)24(15-20)53-56-32-30(41)26(17-29(31(32)42)79(64,65)66)55-54-25-16-21(6-12-28(25)78(61,62)63)46-38-50-34(40)48-36(52-38)44-19-3-9-23(10-4-19)77(59,60)14-13-70-80(67,68)69;;;;;/h1-12,15-17,57-58H,13-14,41-42H2,(H,61,62,63)(H,64,65,66)(H,67,68,69)(H2,43,45,47,49,51)(H2,44,46,48,50,52);;;;;/q;5*+1/p-5. The maximum Gasteiger partial charge on any atom is 1.00 e. The molecule has 7 rings (SSSR count). The molecule has 47 heteroatoms. The molecule has 0 fully saturated rings. The van der Waals surface area contributed by atoms with Gasteiger partial charge in [0.05, 0.1) is 67.4 Å². The van der Waals surface area contributed by atoms with Gasteiger partial charge in [-0.25, -0.2) is 33.7 Å². The van der Waals surface area contributed by atoms with E-state index in [1.54, 1.807) is 24.3 Å². The molecule has 422 valence electrons. The number of sulfone groups is 1. The van der Waals surface area contributed by atoms with Gasteiger partial charge in [0.25, 0.3) is 0 Å². The minimum absolute atomic E-state index is 0. The molecule has 2 heterocycles. The van der Waals surface area contributed by atoms with E-state index in [4.69, 9.17) is 34.7 Å². The van der Waals surface area contributed by atoms with Crippen LogP contribution in [-0.2, 0) is 63.4 Å². The topological polar surface area (TPSA) is 525 Å². The minimum atomic E-state index is -5.49. The van der Waals surface area contributed by atoms with E-state index in [2.05, 4.69) is 94.6 Å². The number of hydrogen-bond acceptors (Lipinski definition) is 36. The zero-order valence-electron chi connectivity index (χ0n) is 43.8. The van der Waals surface area contributed by atoms with Crippen molar-refractivity contribution >= 4 is 168 Å². The van der Waals surface area contributed by atoms with Gasteiger partial charge in [-0.1, -0.05) is 0 Å². The molecular formula is C38H27Cl2N16Na5O18S6. The molecule has 0 aliphatic rings. The summed E-state index contributed by atoms with van der Waals surface area (Å²) in [6.07, 6.45) is 0. The van der Waals surface area contributed by atoms with Crippen molar-refractivity contribution in [1.29, 1.82) is 0 Å². The van der Waals surface area contributed by atoms with E-state index in [-0.39, 0.29) is 209 Å². The van der Waals surface area contributed by atoms with Crippen molar-refractivity contribution in [1.82, 2.24) is 29.9 Å². The number of nitrogens with two attached hydrogens (primary N) is 2. The van der Waals surface area contributed by atoms with Crippen molar-refractivity contribution in [3.63, 3.8) is 0 Å². The predicted octanol–water partition coefficient (Wildman–Crippen LogP) is -10.1. The third-order valence-corrected chi connectivity index (χ3v) is 15.0. The van der Waals surface area contributed by atoms with Crippen molar-refractivity contribution in [2.75, 3.05) is 45.1 Å². The van der Waals surface area contributed by atoms with E-state index in [1.807, 2.05) is 0 Å². The SMILES string of the molecule is Nc1c(N=Nc2cc(Nc3nc(Cl)nc(Nc4ccc(S(=O)(=O)CCOS(=O)(=O)[O-])cc4)n3)ccc2S(=O)(=O)[O-])cc(S(=O)(=O)[O-])c(N)c1N=Nc1cc(Nc2nc(Cl)nc(Nc3ccc(SOO[O-])cc3)n2)ccc1SOO[O-].[Na+].[Na+].[Na+].[Na+].[Na+]. The molecule has 0 spiro atoms. The molecule has 0 unspecified atom stereocenters. The monoisotopic (exact) mass is 1370 g/mol. The molecule has 2 aromatic heterocycles. The first-order chi connectivity index (χ1) is 37.8. The van der Waals surface area contributed by atoms with Gasteiger partial charge in [0.15, 0.2) is 9.84 Å². The minimum Gasteiger partial charge on any atom is -0.744 e. The van der Waals surface area contributed by atoms with E-state index in [9.17, 15) is 57.8 Å². The fraction of sp³-hybridized carbons (Fsp3) is 0.0526. The molecule has 0 amide bonds. The largest absolute Gasteiger partial charge is 1.00 e. The van der Waals surface area contributed by atoms with E-state index >= 15 is 0 Å². The summed E-state index contributed by atoms with van der Waals surface area (Å²) in [6.45, 7) is -0.918. The van der Waals surface area contributed by atoms with Crippen molar-refractivity contribution in [2.45, 2.75) is 24.5 Å². The summed E-state index contributed by atoms with van der Waals surface area (Å²) in [5, 5.41) is 54.0. The fourth-order valence-electron chi connectivity index (χ4n) is 6.15. The summed E-state index contributed by atoms with van der Waals surface area (Å²) in [5.74, 6) is -1.53. The van der Waals surface area contributed by atoms with Crippen molar-refractivity contribution < 1.29 is 229 Å². The number of aromatic nitrogens is 6. The molecule has 0 aliphatic carbocycles. The summed E-state index contributed by atoms with van der Waals surface area (Å²) in [7, 11) is -20.1. The third-order valence-electron chi connectivity index (χ3n) is 9.50. The number of nitrogen functional groups attached to an aromatic ring is 2. The second-order valence-corrected chi connectivity index (χ2v) is 22.8. The van der Waals surface area contributed by atoms with Crippen LogP contribution >= 0.6 is 47.3 Å². The van der Waals surface area contributed by atoms with Crippen LogP contribution in [0.1, 0.15) is 0 Å². The first kappa shape index (κ1) is 78.9. The maximum absolute atomic E-state index is 12.6. The Morgan fingerprint density at radius 3 is 1.44 bits per heavy atom. The quantitative estimate of drug-likeness (QED) is 0.00452. The van der Waals surface area contributed by atoms with Crippen LogP contribution in [0, 0.1) is 0 Å². The first-order valence-electron chi connectivity index (χ1n) is 20.7. The van der Waals surface area contributed by atoms with Gasteiger partial charge in [-0.15, -0.1) is 20.5 Å². The molecule has 5 aromatic carbocycles. The number of rotatable bonds is 25. The molecule has 0 aliphatic heterocycles. The molecule has 0 atom stereocenters. The van der Waals surface area contributed by atoms with Crippen LogP contribution in [-0.4, -0.2) is 89.6 Å². The van der Waals surface area contributed by atoms with E-state index in [1.165, 1.54) is 30.3 Å². The summed E-state index contributed by atoms with van der Waals surface area (Å²) in [4.78, 5) is 22.5. The van der Waals surface area contributed by atoms with Crippen LogP contribution < -0.4 is 191 Å². The van der Waals surface area contributed by atoms with Gasteiger partial charge in [0, 0.05) is 27.6 Å². The van der Waals surface area contributed by atoms with Crippen LogP contribution in [0.25, 0.3) is 0 Å². The normalized spacial score (nSPS) is 11.6. The summed E-state index contributed by atoms with van der Waals surface area (Å²) in [6, 6.07) is 18.7. The van der Waals surface area contributed by atoms with Crippen molar-refractivity contribution in [2.24, 2.45) is 20.5 Å². The number of nitrogens with zero attached hydrogens (tertiary/aromatic N) is 10. The number of anilines is 10. The molecule has 0 saturated heterocycles. The Bertz CT molecular complexity index is 4010. The van der Waals surface area contributed by atoms with Gasteiger partial charge in [-0.05, 0) is 114 Å². The van der Waals surface area contributed by atoms with Gasteiger partial charge in [-0.3, -0.25) is 14.3 Å². The maximum atomic E-state index is 12.6. The zero-order chi connectivity index (χ0) is 58.0. The Morgan fingerprint density at radius 1 is 0.506 bits per heavy atom. The molecule has 0 bridgehead atoms. The first-order valence-corrected chi connectivity index (χ1v) is 28.8. The van der Waals surface area contributed by atoms with Crippen molar-refractivity contribution in [3.8, 4) is 0 Å². The summed E-state index contributed by atoms with van der Waals surface area (Å²) < 4.78 is 145. The van der Waals surface area contributed by atoms with Crippen LogP contribution in [0.2, 0.25) is 10.6 Å². The number of hydrogen-bond donors (Lipinski definition) is 6. The van der Waals surface area contributed by atoms with Crippen LogP contribution in [0.3, 0.4) is 0 Å². The number of halogens is 2.